The molecule has 0 aromatic rings. The highest BCUT2D eigenvalue weighted by Gasteiger charge is 2.02. The fourth-order valence-corrected chi connectivity index (χ4v) is 3.47. The Balaban J connectivity index is 3.13. The lowest BCUT2D eigenvalue weighted by Gasteiger charge is -2.05. The maximum absolute atomic E-state index is 11.7. The van der Waals surface area contributed by atoms with Crippen LogP contribution in [-0.2, 0) is 9.53 Å². The molecule has 27 heavy (non-hydrogen) atoms. The van der Waals surface area contributed by atoms with E-state index in [0.29, 0.717) is 19.6 Å². The topological polar surface area (TPSA) is 46.5 Å². The zero-order valence-electron chi connectivity index (χ0n) is 18.3. The van der Waals surface area contributed by atoms with Crippen LogP contribution in [0.1, 0.15) is 135 Å². The molecular weight excluding hydrogens is 336 g/mol. The van der Waals surface area contributed by atoms with Crippen LogP contribution < -0.4 is 0 Å². The summed E-state index contributed by atoms with van der Waals surface area (Å²) in [6.45, 7) is 3.19. The largest absolute Gasteiger partial charge is 0.466 e. The lowest BCUT2D eigenvalue weighted by molar-refractivity contribution is -0.143. The van der Waals surface area contributed by atoms with Gasteiger partial charge in [-0.3, -0.25) is 4.79 Å². The Labute approximate surface area is 169 Å². The van der Waals surface area contributed by atoms with Crippen molar-refractivity contribution in [3.8, 4) is 0 Å². The number of hydrogen-bond acceptors (Lipinski definition) is 3. The van der Waals surface area contributed by atoms with E-state index in [1.807, 2.05) is 0 Å². The maximum Gasteiger partial charge on any atom is 0.305 e. The number of ether oxygens (including phenoxy) is 1. The molecule has 0 saturated carbocycles. The lowest BCUT2D eigenvalue weighted by Crippen LogP contribution is -2.05. The predicted molar refractivity (Wildman–Crippen MR) is 116 cm³/mol. The van der Waals surface area contributed by atoms with Crippen molar-refractivity contribution in [3.05, 3.63) is 0 Å². The summed E-state index contributed by atoms with van der Waals surface area (Å²) in [7, 11) is 0. The third-order valence-electron chi connectivity index (χ3n) is 5.30. The van der Waals surface area contributed by atoms with E-state index in [-0.39, 0.29) is 5.97 Å². The molecule has 0 fully saturated rings. The Morgan fingerprint density at radius 2 is 1.00 bits per heavy atom. The van der Waals surface area contributed by atoms with Crippen LogP contribution in [0.3, 0.4) is 0 Å². The van der Waals surface area contributed by atoms with Crippen LogP contribution in [0, 0.1) is 0 Å². The monoisotopic (exact) mass is 384 g/mol. The number of esters is 1. The SMILES string of the molecule is CCCCCCCCCCCCCC(=O)OCCCCCCCCCCO. The summed E-state index contributed by atoms with van der Waals surface area (Å²) in [5.74, 6) is -0.00470. The summed E-state index contributed by atoms with van der Waals surface area (Å²) in [6, 6.07) is 0. The number of unbranched alkanes of at least 4 members (excludes halogenated alkanes) is 17. The molecule has 1 N–H and O–H groups in total. The Morgan fingerprint density at radius 1 is 0.593 bits per heavy atom. The van der Waals surface area contributed by atoms with Gasteiger partial charge in [0.15, 0.2) is 0 Å². The first-order chi connectivity index (χ1) is 13.3. The number of carbonyl (C=O) groups excluding carboxylic acids is 1. The lowest BCUT2D eigenvalue weighted by atomic mass is 10.1. The van der Waals surface area contributed by atoms with Crippen molar-refractivity contribution in [1.29, 1.82) is 0 Å². The van der Waals surface area contributed by atoms with Crippen molar-refractivity contribution in [1.82, 2.24) is 0 Å². The summed E-state index contributed by atoms with van der Waals surface area (Å²) in [5, 5.41) is 8.71. The van der Waals surface area contributed by atoms with Gasteiger partial charge in [0.25, 0.3) is 0 Å². The fourth-order valence-electron chi connectivity index (χ4n) is 3.47. The van der Waals surface area contributed by atoms with E-state index in [1.54, 1.807) is 0 Å². The first kappa shape index (κ1) is 26.4. The molecule has 0 saturated heterocycles. The average molecular weight is 385 g/mol. The van der Waals surface area contributed by atoms with Gasteiger partial charge in [0.05, 0.1) is 6.61 Å². The van der Waals surface area contributed by atoms with Crippen molar-refractivity contribution in [3.63, 3.8) is 0 Å². The van der Waals surface area contributed by atoms with Gasteiger partial charge < -0.3 is 9.84 Å². The van der Waals surface area contributed by atoms with Crippen LogP contribution in [0.5, 0.6) is 0 Å². The molecule has 0 rings (SSSR count). The van der Waals surface area contributed by atoms with Gasteiger partial charge in [-0.05, 0) is 19.3 Å². The molecule has 3 heteroatoms. The van der Waals surface area contributed by atoms with Gasteiger partial charge in [-0.2, -0.15) is 0 Å². The fraction of sp³-hybridized carbons (Fsp3) is 0.958. The summed E-state index contributed by atoms with van der Waals surface area (Å²) >= 11 is 0. The summed E-state index contributed by atoms with van der Waals surface area (Å²) in [5.41, 5.74) is 0. The third-order valence-corrected chi connectivity index (χ3v) is 5.30. The molecule has 0 bridgehead atoms. The van der Waals surface area contributed by atoms with Crippen LogP contribution >= 0.6 is 0 Å². The quantitative estimate of drug-likeness (QED) is 0.157. The maximum atomic E-state index is 11.7. The van der Waals surface area contributed by atoms with Gasteiger partial charge in [0.2, 0.25) is 0 Å². The van der Waals surface area contributed by atoms with Crippen molar-refractivity contribution >= 4 is 5.97 Å². The number of hydrogen-bond donors (Lipinski definition) is 1. The van der Waals surface area contributed by atoms with E-state index in [0.717, 1.165) is 32.1 Å². The molecule has 0 aromatic carbocycles. The molecule has 0 unspecified atom stereocenters. The zero-order valence-corrected chi connectivity index (χ0v) is 18.3. The Bertz CT molecular complexity index is 291. The molecule has 162 valence electrons. The van der Waals surface area contributed by atoms with E-state index in [9.17, 15) is 4.79 Å². The van der Waals surface area contributed by atoms with Crippen LogP contribution in [-0.4, -0.2) is 24.3 Å². The minimum Gasteiger partial charge on any atom is -0.466 e. The molecule has 0 atom stereocenters. The Kier molecular flexibility index (Phi) is 23.0. The molecule has 0 aromatic heterocycles. The molecule has 0 spiro atoms. The van der Waals surface area contributed by atoms with Gasteiger partial charge >= 0.3 is 5.97 Å². The second-order valence-electron chi connectivity index (χ2n) is 8.06. The van der Waals surface area contributed by atoms with E-state index in [2.05, 4.69) is 6.92 Å². The highest BCUT2D eigenvalue weighted by Crippen LogP contribution is 2.12. The highest BCUT2D eigenvalue weighted by atomic mass is 16.5. The van der Waals surface area contributed by atoms with Crippen molar-refractivity contribution in [2.45, 2.75) is 135 Å². The number of rotatable bonds is 22. The smallest absolute Gasteiger partial charge is 0.305 e. The normalized spacial score (nSPS) is 11.0. The molecule has 0 heterocycles. The molecule has 0 aliphatic heterocycles. The Hall–Kier alpha value is -0.570. The average Bonchev–Trinajstić information content (AvgIpc) is 2.67. The molecule has 0 radical (unpaired) electrons. The van der Waals surface area contributed by atoms with E-state index in [4.69, 9.17) is 9.84 Å². The van der Waals surface area contributed by atoms with Crippen molar-refractivity contribution < 1.29 is 14.6 Å². The van der Waals surface area contributed by atoms with Gasteiger partial charge in [-0.15, -0.1) is 0 Å². The summed E-state index contributed by atoms with van der Waals surface area (Å²) in [6.07, 6.45) is 24.2. The first-order valence-corrected chi connectivity index (χ1v) is 12.1. The number of carbonyl (C=O) groups is 1. The van der Waals surface area contributed by atoms with Gasteiger partial charge in [0, 0.05) is 13.0 Å². The summed E-state index contributed by atoms with van der Waals surface area (Å²) in [4.78, 5) is 11.7. The van der Waals surface area contributed by atoms with E-state index >= 15 is 0 Å². The van der Waals surface area contributed by atoms with Gasteiger partial charge in [-0.25, -0.2) is 0 Å². The van der Waals surface area contributed by atoms with Crippen LogP contribution in [0.4, 0.5) is 0 Å². The highest BCUT2D eigenvalue weighted by molar-refractivity contribution is 5.69. The van der Waals surface area contributed by atoms with Crippen LogP contribution in [0.15, 0.2) is 0 Å². The molecule has 0 amide bonds. The Morgan fingerprint density at radius 3 is 1.48 bits per heavy atom. The second kappa shape index (κ2) is 23.5. The van der Waals surface area contributed by atoms with Gasteiger partial charge in [-0.1, -0.05) is 110 Å². The zero-order chi connectivity index (χ0) is 19.8. The molecule has 0 aliphatic rings. The van der Waals surface area contributed by atoms with Crippen molar-refractivity contribution in [2.24, 2.45) is 0 Å². The number of aliphatic hydroxyl groups excluding tert-OH is 1. The minimum atomic E-state index is -0.00470. The molecule has 0 aliphatic carbocycles. The summed E-state index contributed by atoms with van der Waals surface area (Å²) < 4.78 is 5.33. The van der Waals surface area contributed by atoms with Gasteiger partial charge in [0.1, 0.15) is 0 Å². The minimum absolute atomic E-state index is 0.00470. The standard InChI is InChI=1S/C24H48O3/c1-2-3-4-5-6-7-8-9-12-15-18-21-24(26)27-23-20-17-14-11-10-13-16-19-22-25/h25H,2-23H2,1H3. The third kappa shape index (κ3) is 23.4. The van der Waals surface area contributed by atoms with Crippen LogP contribution in [0.25, 0.3) is 0 Å². The molecule has 3 nitrogen and oxygen atoms in total. The molecular formula is C24H48O3. The first-order valence-electron chi connectivity index (χ1n) is 12.1. The van der Waals surface area contributed by atoms with E-state index < -0.39 is 0 Å². The van der Waals surface area contributed by atoms with E-state index in [1.165, 1.54) is 89.9 Å². The van der Waals surface area contributed by atoms with Crippen LogP contribution in [0.2, 0.25) is 0 Å². The second-order valence-corrected chi connectivity index (χ2v) is 8.06. The predicted octanol–water partition coefficient (Wildman–Crippen LogP) is 7.34. The van der Waals surface area contributed by atoms with Crippen molar-refractivity contribution in [2.75, 3.05) is 13.2 Å². The number of aliphatic hydroxyl groups is 1.